The Hall–Kier alpha value is -1.57. The quantitative estimate of drug-likeness (QED) is 0.852. The van der Waals surface area contributed by atoms with Gasteiger partial charge < -0.3 is 5.11 Å². The second-order valence-corrected chi connectivity index (χ2v) is 5.06. The summed E-state index contributed by atoms with van der Waals surface area (Å²) >= 11 is 6.35. The second-order valence-electron chi connectivity index (χ2n) is 4.65. The van der Waals surface area contributed by atoms with E-state index in [0.29, 0.717) is 0 Å². The molecule has 1 N–H and O–H groups in total. The van der Waals surface area contributed by atoms with Gasteiger partial charge in [0.15, 0.2) is 0 Å². The van der Waals surface area contributed by atoms with E-state index in [4.69, 9.17) is 11.6 Å². The number of benzene rings is 2. The first-order valence-corrected chi connectivity index (χ1v) is 6.67. The van der Waals surface area contributed by atoms with Crippen molar-refractivity contribution < 1.29 is 5.11 Å². The third kappa shape index (κ3) is 3.46. The van der Waals surface area contributed by atoms with Crippen LogP contribution < -0.4 is 0 Å². The molecule has 0 fully saturated rings. The van der Waals surface area contributed by atoms with Crippen molar-refractivity contribution in [3.63, 3.8) is 0 Å². The Labute approximate surface area is 119 Å². The predicted molar refractivity (Wildman–Crippen MR) is 82.2 cm³/mol. The molecular weight excluding hydrogens is 256 g/mol. The standard InChI is InChI=1S/C17H17ClO/c1-12(10-13(2)19)15-8-9-16(17(18)11-15)14-6-4-3-5-7-14/h3-11,13,19H,1-2H3/b12-10+. The maximum Gasteiger partial charge on any atom is 0.0698 e. The van der Waals surface area contributed by atoms with E-state index in [2.05, 4.69) is 0 Å². The van der Waals surface area contributed by atoms with Gasteiger partial charge in [0, 0.05) is 10.6 Å². The van der Waals surface area contributed by atoms with Crippen LogP contribution in [0.4, 0.5) is 0 Å². The van der Waals surface area contributed by atoms with Gasteiger partial charge in [0.2, 0.25) is 0 Å². The van der Waals surface area contributed by atoms with E-state index in [0.717, 1.165) is 27.3 Å². The van der Waals surface area contributed by atoms with Gasteiger partial charge in [-0.2, -0.15) is 0 Å². The lowest BCUT2D eigenvalue weighted by Gasteiger charge is -2.09. The van der Waals surface area contributed by atoms with Gasteiger partial charge >= 0.3 is 0 Å². The largest absolute Gasteiger partial charge is 0.389 e. The molecule has 0 radical (unpaired) electrons. The lowest BCUT2D eigenvalue weighted by atomic mass is 10.0. The molecule has 0 amide bonds. The second kappa shape index (κ2) is 6.05. The molecule has 19 heavy (non-hydrogen) atoms. The van der Waals surface area contributed by atoms with E-state index in [-0.39, 0.29) is 0 Å². The molecule has 1 atom stereocenters. The molecule has 98 valence electrons. The molecule has 1 nitrogen and oxygen atoms in total. The Morgan fingerprint density at radius 1 is 1.16 bits per heavy atom. The molecule has 2 rings (SSSR count). The molecule has 0 aromatic heterocycles. The third-order valence-corrected chi connectivity index (χ3v) is 3.31. The van der Waals surface area contributed by atoms with Crippen LogP contribution >= 0.6 is 11.6 Å². The van der Waals surface area contributed by atoms with Gasteiger partial charge in [0.05, 0.1) is 6.10 Å². The van der Waals surface area contributed by atoms with Gasteiger partial charge in [-0.3, -0.25) is 0 Å². The molecular formula is C17H17ClO. The molecule has 2 aromatic carbocycles. The summed E-state index contributed by atoms with van der Waals surface area (Å²) in [7, 11) is 0. The van der Waals surface area contributed by atoms with Crippen molar-refractivity contribution in [1.82, 2.24) is 0 Å². The van der Waals surface area contributed by atoms with Crippen LogP contribution in [-0.2, 0) is 0 Å². The fourth-order valence-corrected chi connectivity index (χ4v) is 2.36. The number of aliphatic hydroxyl groups excluding tert-OH is 1. The number of aliphatic hydroxyl groups is 1. The minimum absolute atomic E-state index is 0.451. The van der Waals surface area contributed by atoms with Crippen LogP contribution in [-0.4, -0.2) is 11.2 Å². The molecule has 1 unspecified atom stereocenters. The third-order valence-electron chi connectivity index (χ3n) is 3.00. The number of hydrogen-bond donors (Lipinski definition) is 1. The van der Waals surface area contributed by atoms with Gasteiger partial charge in [0.1, 0.15) is 0 Å². The van der Waals surface area contributed by atoms with E-state index in [1.54, 1.807) is 6.92 Å². The summed E-state index contributed by atoms with van der Waals surface area (Å²) in [5, 5.41) is 10.1. The van der Waals surface area contributed by atoms with Crippen molar-refractivity contribution in [3.05, 3.63) is 65.2 Å². The zero-order valence-electron chi connectivity index (χ0n) is 11.1. The summed E-state index contributed by atoms with van der Waals surface area (Å²) in [6.45, 7) is 3.71. The van der Waals surface area contributed by atoms with Crippen molar-refractivity contribution in [2.24, 2.45) is 0 Å². The normalized spacial score (nSPS) is 13.4. The Balaban J connectivity index is 2.38. The number of halogens is 1. The smallest absolute Gasteiger partial charge is 0.0698 e. The van der Waals surface area contributed by atoms with Crippen molar-refractivity contribution in [1.29, 1.82) is 0 Å². The SMILES string of the molecule is C/C(=C\C(C)O)c1ccc(-c2ccccc2)c(Cl)c1. The fourth-order valence-electron chi connectivity index (χ4n) is 2.07. The first-order valence-electron chi connectivity index (χ1n) is 6.30. The van der Waals surface area contributed by atoms with Crippen molar-refractivity contribution in [2.45, 2.75) is 20.0 Å². The maximum absolute atomic E-state index is 9.38. The Kier molecular flexibility index (Phi) is 4.41. The average Bonchev–Trinajstić information content (AvgIpc) is 2.38. The van der Waals surface area contributed by atoms with Gasteiger partial charge in [-0.25, -0.2) is 0 Å². The highest BCUT2D eigenvalue weighted by Crippen LogP contribution is 2.30. The van der Waals surface area contributed by atoms with Gasteiger partial charge in [-0.15, -0.1) is 0 Å². The van der Waals surface area contributed by atoms with Gasteiger partial charge in [-0.05, 0) is 36.6 Å². The number of rotatable bonds is 3. The van der Waals surface area contributed by atoms with Gasteiger partial charge in [-0.1, -0.05) is 60.1 Å². The lowest BCUT2D eigenvalue weighted by Crippen LogP contribution is -1.94. The molecule has 2 aromatic rings. The number of allylic oxidation sites excluding steroid dienone is 1. The van der Waals surface area contributed by atoms with E-state index >= 15 is 0 Å². The van der Waals surface area contributed by atoms with Crippen LogP contribution in [0.25, 0.3) is 16.7 Å². The van der Waals surface area contributed by atoms with Crippen LogP contribution in [0.1, 0.15) is 19.4 Å². The minimum Gasteiger partial charge on any atom is -0.389 e. The molecule has 0 aliphatic heterocycles. The molecule has 0 bridgehead atoms. The molecule has 0 saturated carbocycles. The van der Waals surface area contributed by atoms with Crippen molar-refractivity contribution in [2.75, 3.05) is 0 Å². The minimum atomic E-state index is -0.451. The van der Waals surface area contributed by atoms with Crippen LogP contribution in [0.3, 0.4) is 0 Å². The van der Waals surface area contributed by atoms with Crippen LogP contribution in [0, 0.1) is 0 Å². The van der Waals surface area contributed by atoms with Crippen molar-refractivity contribution in [3.8, 4) is 11.1 Å². The zero-order valence-corrected chi connectivity index (χ0v) is 11.9. The summed E-state index contributed by atoms with van der Waals surface area (Å²) in [5.41, 5.74) is 4.19. The van der Waals surface area contributed by atoms with E-state index in [1.165, 1.54) is 0 Å². The summed E-state index contributed by atoms with van der Waals surface area (Å²) in [6, 6.07) is 16.1. The molecule has 2 heteroatoms. The van der Waals surface area contributed by atoms with E-state index in [9.17, 15) is 5.11 Å². The van der Waals surface area contributed by atoms with E-state index < -0.39 is 6.10 Å². The summed E-state index contributed by atoms with van der Waals surface area (Å²) < 4.78 is 0. The lowest BCUT2D eigenvalue weighted by molar-refractivity contribution is 0.244. The molecule has 0 aliphatic rings. The summed E-state index contributed by atoms with van der Waals surface area (Å²) in [4.78, 5) is 0. The highest BCUT2D eigenvalue weighted by molar-refractivity contribution is 6.33. The van der Waals surface area contributed by atoms with Crippen LogP contribution in [0.2, 0.25) is 5.02 Å². The highest BCUT2D eigenvalue weighted by Gasteiger charge is 2.05. The Morgan fingerprint density at radius 3 is 2.42 bits per heavy atom. The zero-order chi connectivity index (χ0) is 13.8. The predicted octanol–water partition coefficient (Wildman–Crippen LogP) is 4.79. The maximum atomic E-state index is 9.38. The average molecular weight is 273 g/mol. The Bertz CT molecular complexity index is 585. The Morgan fingerprint density at radius 2 is 1.84 bits per heavy atom. The van der Waals surface area contributed by atoms with Gasteiger partial charge in [0.25, 0.3) is 0 Å². The van der Waals surface area contributed by atoms with Crippen molar-refractivity contribution >= 4 is 17.2 Å². The van der Waals surface area contributed by atoms with Crippen LogP contribution in [0.15, 0.2) is 54.6 Å². The molecule has 0 spiro atoms. The number of hydrogen-bond acceptors (Lipinski definition) is 1. The molecule has 0 heterocycles. The fraction of sp³-hybridized carbons (Fsp3) is 0.176. The molecule has 0 aliphatic carbocycles. The summed E-state index contributed by atoms with van der Waals surface area (Å²) in [6.07, 6.45) is 1.36. The first-order chi connectivity index (χ1) is 9.08. The topological polar surface area (TPSA) is 20.2 Å². The summed E-state index contributed by atoms with van der Waals surface area (Å²) in [5.74, 6) is 0. The van der Waals surface area contributed by atoms with Crippen LogP contribution in [0.5, 0.6) is 0 Å². The first kappa shape index (κ1) is 13.9. The highest BCUT2D eigenvalue weighted by atomic mass is 35.5. The monoisotopic (exact) mass is 272 g/mol. The molecule has 0 saturated heterocycles. The van der Waals surface area contributed by atoms with E-state index in [1.807, 2.05) is 61.5 Å².